The van der Waals surface area contributed by atoms with Crippen molar-refractivity contribution in [2.75, 3.05) is 25.0 Å². The molecule has 1 aromatic heterocycles. The Morgan fingerprint density at radius 1 is 1.36 bits per heavy atom. The predicted octanol–water partition coefficient (Wildman–Crippen LogP) is 2.90. The third-order valence-corrected chi connectivity index (χ3v) is 7.21. The van der Waals surface area contributed by atoms with Crippen molar-refractivity contribution in [2.24, 2.45) is 5.14 Å². The number of piperidine rings is 1. The van der Waals surface area contributed by atoms with Crippen LogP contribution < -0.4 is 15.2 Å². The topological polar surface area (TPSA) is 102 Å². The minimum atomic E-state index is -3.78. The minimum Gasteiger partial charge on any atom is -0.491 e. The molecule has 0 spiro atoms. The number of hydrogen-bond donors (Lipinski definition) is 2. The summed E-state index contributed by atoms with van der Waals surface area (Å²) < 4.78 is 28.7. The van der Waals surface area contributed by atoms with Crippen LogP contribution in [0, 0.1) is 0 Å². The van der Waals surface area contributed by atoms with Gasteiger partial charge in [-0.1, -0.05) is 18.6 Å². The lowest BCUT2D eigenvalue weighted by atomic mass is 10.0. The Morgan fingerprint density at radius 2 is 2.14 bits per heavy atom. The van der Waals surface area contributed by atoms with Gasteiger partial charge in [-0.05, 0) is 44.5 Å². The number of primary sulfonamides is 1. The third kappa shape index (κ3) is 5.32. The molecule has 7 nitrogen and oxygen atoms in total. The molecule has 0 bridgehead atoms. The monoisotopic (exact) mass is 423 g/mol. The molecule has 1 aliphatic heterocycles. The van der Waals surface area contributed by atoms with E-state index in [1.165, 1.54) is 25.3 Å². The number of para-hydroxylation sites is 1. The van der Waals surface area contributed by atoms with E-state index in [1.807, 2.05) is 6.07 Å². The maximum atomic E-state index is 12.6. The van der Waals surface area contributed by atoms with Crippen LogP contribution in [-0.4, -0.2) is 45.0 Å². The number of rotatable bonds is 7. The molecule has 0 aliphatic carbocycles. The summed E-state index contributed by atoms with van der Waals surface area (Å²) in [6.45, 7) is 4.64. The number of nitrogens with one attached hydrogen (secondary N) is 1. The van der Waals surface area contributed by atoms with Crippen molar-refractivity contribution in [3.63, 3.8) is 0 Å². The fraction of sp³-hybridized carbons (Fsp3) is 0.421. The zero-order valence-electron chi connectivity index (χ0n) is 15.8. The van der Waals surface area contributed by atoms with E-state index >= 15 is 0 Å². The van der Waals surface area contributed by atoms with Crippen LogP contribution >= 0.6 is 11.3 Å². The molecule has 3 N–H and O–H groups in total. The van der Waals surface area contributed by atoms with Crippen molar-refractivity contribution in [1.82, 2.24) is 4.90 Å². The number of amides is 1. The molecule has 1 unspecified atom stereocenters. The van der Waals surface area contributed by atoms with E-state index in [9.17, 15) is 13.2 Å². The van der Waals surface area contributed by atoms with Crippen molar-refractivity contribution in [2.45, 2.75) is 36.4 Å². The van der Waals surface area contributed by atoms with Gasteiger partial charge in [0.05, 0.1) is 11.3 Å². The fourth-order valence-electron chi connectivity index (χ4n) is 3.27. The lowest BCUT2D eigenvalue weighted by molar-refractivity contribution is 0.101. The van der Waals surface area contributed by atoms with E-state index in [-0.39, 0.29) is 10.1 Å². The number of carbonyl (C=O) groups is 1. The smallest absolute Gasteiger partial charge is 0.259 e. The van der Waals surface area contributed by atoms with E-state index in [2.05, 4.69) is 17.1 Å². The van der Waals surface area contributed by atoms with Crippen molar-refractivity contribution < 1.29 is 17.9 Å². The molecule has 1 atom stereocenters. The number of sulfonamides is 1. The number of carbonyl (C=O) groups excluding carboxylic acids is 1. The highest BCUT2D eigenvalue weighted by Gasteiger charge is 2.19. The highest BCUT2D eigenvalue weighted by molar-refractivity contribution is 7.91. The second-order valence-electron chi connectivity index (χ2n) is 6.88. The molecule has 0 saturated carbocycles. The standard InChI is InChI=1S/C19H25N3O4S2/c1-14-6-4-5-9-22(14)10-11-26-17-8-3-2-7-16(17)19(23)21-15-12-18(27-13-15)28(20,24)25/h2-3,7-8,12-14H,4-6,9-11H2,1H3,(H,21,23)(H2,20,24,25). The number of nitrogens with two attached hydrogens (primary N) is 1. The Balaban J connectivity index is 1.62. The summed E-state index contributed by atoms with van der Waals surface area (Å²) in [6, 6.07) is 8.93. The van der Waals surface area contributed by atoms with Gasteiger partial charge in [0, 0.05) is 18.0 Å². The summed E-state index contributed by atoms with van der Waals surface area (Å²) in [5, 5.41) is 9.35. The van der Waals surface area contributed by atoms with Crippen LogP contribution in [0.4, 0.5) is 5.69 Å². The molecule has 1 saturated heterocycles. The number of benzene rings is 1. The average molecular weight is 424 g/mol. The van der Waals surface area contributed by atoms with Crippen LogP contribution in [-0.2, 0) is 10.0 Å². The van der Waals surface area contributed by atoms with Gasteiger partial charge in [-0.15, -0.1) is 11.3 Å². The average Bonchev–Trinajstić information content (AvgIpc) is 3.12. The minimum absolute atomic E-state index is 0.00277. The van der Waals surface area contributed by atoms with Crippen LogP contribution in [0.25, 0.3) is 0 Å². The molecule has 0 radical (unpaired) electrons. The summed E-state index contributed by atoms with van der Waals surface area (Å²) in [6.07, 6.45) is 3.70. The molecular formula is C19H25N3O4S2. The van der Waals surface area contributed by atoms with Gasteiger partial charge in [-0.2, -0.15) is 0 Å². The van der Waals surface area contributed by atoms with Gasteiger partial charge in [0.25, 0.3) is 5.91 Å². The summed E-state index contributed by atoms with van der Waals surface area (Å²) in [5.41, 5.74) is 0.786. The van der Waals surface area contributed by atoms with Gasteiger partial charge in [0.1, 0.15) is 16.6 Å². The molecule has 2 aromatic rings. The van der Waals surface area contributed by atoms with Gasteiger partial charge in [0.2, 0.25) is 10.0 Å². The van der Waals surface area contributed by atoms with Gasteiger partial charge in [-0.3, -0.25) is 9.69 Å². The molecule has 3 rings (SSSR count). The molecule has 28 heavy (non-hydrogen) atoms. The second-order valence-corrected chi connectivity index (χ2v) is 9.58. The molecule has 9 heteroatoms. The number of nitrogens with zero attached hydrogens (tertiary/aromatic N) is 1. The second kappa shape index (κ2) is 9.04. The quantitative estimate of drug-likeness (QED) is 0.713. The molecule has 1 amide bonds. The Morgan fingerprint density at radius 3 is 2.86 bits per heavy atom. The first-order chi connectivity index (χ1) is 13.3. The van der Waals surface area contributed by atoms with Crippen molar-refractivity contribution in [1.29, 1.82) is 0 Å². The zero-order valence-corrected chi connectivity index (χ0v) is 17.4. The third-order valence-electron chi connectivity index (χ3n) is 4.82. The lowest BCUT2D eigenvalue weighted by Crippen LogP contribution is -2.40. The Kier molecular flexibility index (Phi) is 6.71. The van der Waals surface area contributed by atoms with Crippen molar-refractivity contribution in [3.8, 4) is 5.75 Å². The highest BCUT2D eigenvalue weighted by Crippen LogP contribution is 2.25. The largest absolute Gasteiger partial charge is 0.491 e. The Labute approximate surface area is 169 Å². The molecule has 1 aliphatic rings. The van der Waals surface area contributed by atoms with E-state index in [0.717, 1.165) is 24.4 Å². The number of likely N-dealkylation sites (tertiary alicyclic amines) is 1. The first kappa shape index (κ1) is 20.8. The Hall–Kier alpha value is -1.94. The maximum absolute atomic E-state index is 12.6. The van der Waals surface area contributed by atoms with E-state index in [1.54, 1.807) is 23.6 Å². The highest BCUT2D eigenvalue weighted by atomic mass is 32.2. The van der Waals surface area contributed by atoms with Crippen LogP contribution in [0.2, 0.25) is 0 Å². The number of thiophene rings is 1. The first-order valence-corrected chi connectivity index (χ1v) is 11.7. The molecule has 1 fully saturated rings. The zero-order chi connectivity index (χ0) is 20.1. The lowest BCUT2D eigenvalue weighted by Gasteiger charge is -2.33. The SMILES string of the molecule is CC1CCCCN1CCOc1ccccc1C(=O)Nc1csc(S(N)(=O)=O)c1. The number of hydrogen-bond acceptors (Lipinski definition) is 6. The number of anilines is 1. The summed E-state index contributed by atoms with van der Waals surface area (Å²) in [7, 11) is -3.78. The fourth-order valence-corrected chi connectivity index (χ4v) is 4.81. The van der Waals surface area contributed by atoms with E-state index in [4.69, 9.17) is 9.88 Å². The van der Waals surface area contributed by atoms with Gasteiger partial charge in [0.15, 0.2) is 0 Å². The summed E-state index contributed by atoms with van der Waals surface area (Å²) in [5.74, 6) is 0.146. The Bertz CT molecular complexity index is 927. The van der Waals surface area contributed by atoms with Gasteiger partial charge < -0.3 is 10.1 Å². The normalized spacial score (nSPS) is 18.0. The predicted molar refractivity (Wildman–Crippen MR) is 110 cm³/mol. The summed E-state index contributed by atoms with van der Waals surface area (Å²) >= 11 is 0.963. The van der Waals surface area contributed by atoms with Crippen LogP contribution in [0.15, 0.2) is 39.9 Å². The van der Waals surface area contributed by atoms with Crippen LogP contribution in [0.3, 0.4) is 0 Å². The summed E-state index contributed by atoms with van der Waals surface area (Å²) in [4.78, 5) is 15.0. The van der Waals surface area contributed by atoms with Crippen LogP contribution in [0.5, 0.6) is 5.75 Å². The van der Waals surface area contributed by atoms with E-state index < -0.39 is 10.0 Å². The molecule has 1 aromatic carbocycles. The molecular weight excluding hydrogens is 398 g/mol. The number of ether oxygens (including phenoxy) is 1. The van der Waals surface area contributed by atoms with Gasteiger partial charge in [-0.25, -0.2) is 13.6 Å². The maximum Gasteiger partial charge on any atom is 0.259 e. The van der Waals surface area contributed by atoms with Gasteiger partial charge >= 0.3 is 0 Å². The molecule has 2 heterocycles. The first-order valence-electron chi connectivity index (χ1n) is 9.23. The van der Waals surface area contributed by atoms with Crippen molar-refractivity contribution in [3.05, 3.63) is 41.3 Å². The van der Waals surface area contributed by atoms with Crippen LogP contribution in [0.1, 0.15) is 36.5 Å². The van der Waals surface area contributed by atoms with E-state index in [0.29, 0.717) is 29.6 Å². The van der Waals surface area contributed by atoms with Crippen molar-refractivity contribution >= 4 is 33.0 Å². The molecule has 152 valence electrons.